The van der Waals surface area contributed by atoms with Crippen LogP contribution in [-0.2, 0) is 18.0 Å². The number of rotatable bonds is 6. The Morgan fingerprint density at radius 1 is 1.24 bits per heavy atom. The van der Waals surface area contributed by atoms with Crippen molar-refractivity contribution in [1.82, 2.24) is 0 Å². The molecule has 17 heavy (non-hydrogen) atoms. The summed E-state index contributed by atoms with van der Waals surface area (Å²) in [7, 11) is 2.68. The first-order valence-electron chi connectivity index (χ1n) is 6.41. The van der Waals surface area contributed by atoms with Gasteiger partial charge in [0.05, 0.1) is 11.7 Å². The van der Waals surface area contributed by atoms with E-state index in [9.17, 15) is 0 Å². The van der Waals surface area contributed by atoms with Crippen LogP contribution in [0.5, 0.6) is 0 Å². The van der Waals surface area contributed by atoms with Gasteiger partial charge in [-0.05, 0) is 38.5 Å². The lowest BCUT2D eigenvalue weighted by Crippen LogP contribution is -2.43. The van der Waals surface area contributed by atoms with E-state index in [1.165, 1.54) is 19.3 Å². The highest BCUT2D eigenvalue weighted by Crippen LogP contribution is 2.50. The molecule has 0 radical (unpaired) electrons. The summed E-state index contributed by atoms with van der Waals surface area (Å²) in [5.41, 5.74) is 0.217. The molecule has 1 heterocycles. The highest BCUT2D eigenvalue weighted by Gasteiger charge is 2.55. The van der Waals surface area contributed by atoms with Crippen LogP contribution in [0.4, 0.5) is 0 Å². The Labute approximate surface area is 105 Å². The quantitative estimate of drug-likeness (QED) is 0.542. The Morgan fingerprint density at radius 2 is 1.88 bits per heavy atom. The predicted octanol–water partition coefficient (Wildman–Crippen LogP) is 2.21. The van der Waals surface area contributed by atoms with Gasteiger partial charge in [0, 0.05) is 27.4 Å². The first-order valence-corrected chi connectivity index (χ1v) is 8.34. The van der Waals surface area contributed by atoms with Gasteiger partial charge in [0.1, 0.15) is 0 Å². The van der Waals surface area contributed by atoms with Gasteiger partial charge in [-0.25, -0.2) is 0 Å². The molecular weight excluding hydrogens is 236 g/mol. The lowest BCUT2D eigenvalue weighted by Gasteiger charge is -2.28. The molecule has 0 N–H and O–H groups in total. The summed E-state index contributed by atoms with van der Waals surface area (Å²) >= 11 is 0. The summed E-state index contributed by atoms with van der Waals surface area (Å²) in [6.07, 6.45) is 5.28. The van der Waals surface area contributed by atoms with Crippen molar-refractivity contribution in [2.75, 3.05) is 21.3 Å². The van der Waals surface area contributed by atoms with Gasteiger partial charge < -0.3 is 18.0 Å². The summed E-state index contributed by atoms with van der Waals surface area (Å²) in [5, 5.41) is 0. The number of fused-ring (bicyclic) bond motifs is 1. The number of epoxide rings is 1. The van der Waals surface area contributed by atoms with E-state index in [1.807, 2.05) is 0 Å². The van der Waals surface area contributed by atoms with Gasteiger partial charge in [-0.15, -0.1) is 0 Å². The summed E-state index contributed by atoms with van der Waals surface area (Å²) < 4.78 is 22.1. The van der Waals surface area contributed by atoms with Crippen molar-refractivity contribution in [3.05, 3.63) is 0 Å². The van der Waals surface area contributed by atoms with Gasteiger partial charge in [-0.1, -0.05) is 0 Å². The zero-order valence-electron chi connectivity index (χ0n) is 11.3. The van der Waals surface area contributed by atoms with Gasteiger partial charge >= 0.3 is 8.80 Å². The first-order chi connectivity index (χ1) is 8.07. The Bertz CT molecular complexity index is 261. The minimum atomic E-state index is -2.37. The maximum atomic E-state index is 5.72. The molecule has 1 aliphatic carbocycles. The topological polar surface area (TPSA) is 40.2 Å². The third-order valence-corrected chi connectivity index (χ3v) is 7.19. The smallest absolute Gasteiger partial charge is 0.377 e. The van der Waals surface area contributed by atoms with Crippen molar-refractivity contribution < 1.29 is 18.0 Å². The van der Waals surface area contributed by atoms with Crippen LogP contribution in [0.25, 0.3) is 0 Å². The second-order valence-electron chi connectivity index (χ2n) is 5.39. The molecule has 3 atom stereocenters. The molecule has 0 aromatic carbocycles. The van der Waals surface area contributed by atoms with E-state index in [0.717, 1.165) is 18.4 Å². The van der Waals surface area contributed by atoms with Crippen molar-refractivity contribution in [1.29, 1.82) is 0 Å². The molecule has 100 valence electrons. The zero-order chi connectivity index (χ0) is 12.5. The molecular formula is C12H24O4Si. The minimum Gasteiger partial charge on any atom is -0.377 e. The van der Waals surface area contributed by atoms with Gasteiger partial charge in [-0.2, -0.15) is 0 Å². The first kappa shape index (κ1) is 13.5. The summed E-state index contributed by atoms with van der Waals surface area (Å²) in [6, 6.07) is 0.907. The largest absolute Gasteiger partial charge is 0.500 e. The third-order valence-electron chi connectivity index (χ3n) is 4.42. The fourth-order valence-corrected chi connectivity index (χ4v) is 4.79. The van der Waals surface area contributed by atoms with Crippen LogP contribution in [0.15, 0.2) is 0 Å². The Balaban J connectivity index is 1.78. The van der Waals surface area contributed by atoms with Crippen molar-refractivity contribution in [2.45, 2.75) is 50.4 Å². The fourth-order valence-electron chi connectivity index (χ4n) is 2.92. The molecule has 2 aliphatic rings. The van der Waals surface area contributed by atoms with E-state index < -0.39 is 8.80 Å². The molecule has 1 saturated heterocycles. The predicted molar refractivity (Wildman–Crippen MR) is 66.8 cm³/mol. The van der Waals surface area contributed by atoms with Crippen LogP contribution >= 0.6 is 0 Å². The van der Waals surface area contributed by atoms with Crippen molar-refractivity contribution in [2.24, 2.45) is 5.92 Å². The molecule has 1 saturated carbocycles. The van der Waals surface area contributed by atoms with Crippen LogP contribution in [0.1, 0.15) is 32.6 Å². The molecule has 0 amide bonds. The summed E-state index contributed by atoms with van der Waals surface area (Å²) in [4.78, 5) is 0. The SMILES string of the molecule is CO[Si](CCC1CCC2(C)OC2C1)(OC)OC. The normalized spacial score (nSPS) is 36.7. The maximum absolute atomic E-state index is 5.72. The van der Waals surface area contributed by atoms with Crippen LogP contribution in [0.3, 0.4) is 0 Å². The van der Waals surface area contributed by atoms with E-state index in [2.05, 4.69) is 6.92 Å². The van der Waals surface area contributed by atoms with Crippen LogP contribution in [-0.4, -0.2) is 41.8 Å². The standard InChI is InChI=1S/C12H24O4Si/c1-12-7-5-10(9-11(12)16-12)6-8-17(13-2,14-3)15-4/h10-11H,5-9H2,1-4H3. The van der Waals surface area contributed by atoms with Gasteiger partial charge in [0.15, 0.2) is 0 Å². The average molecular weight is 260 g/mol. The molecule has 0 aromatic rings. The number of hydrogen-bond acceptors (Lipinski definition) is 4. The summed E-state index contributed by atoms with van der Waals surface area (Å²) in [6.45, 7) is 2.23. The van der Waals surface area contributed by atoms with E-state index in [-0.39, 0.29) is 5.60 Å². The lowest BCUT2D eigenvalue weighted by atomic mass is 9.82. The molecule has 4 nitrogen and oxygen atoms in total. The van der Waals surface area contributed by atoms with Crippen molar-refractivity contribution in [3.63, 3.8) is 0 Å². The molecule has 2 fully saturated rings. The number of hydrogen-bond donors (Lipinski definition) is 0. The highest BCUT2D eigenvalue weighted by molar-refractivity contribution is 6.60. The Morgan fingerprint density at radius 3 is 2.41 bits per heavy atom. The lowest BCUT2D eigenvalue weighted by molar-refractivity contribution is 0.120. The van der Waals surface area contributed by atoms with Crippen LogP contribution in [0.2, 0.25) is 6.04 Å². The van der Waals surface area contributed by atoms with Crippen molar-refractivity contribution >= 4 is 8.80 Å². The van der Waals surface area contributed by atoms with E-state index >= 15 is 0 Å². The molecule has 2 rings (SSSR count). The molecule has 0 bridgehead atoms. The second-order valence-corrected chi connectivity index (χ2v) is 8.48. The maximum Gasteiger partial charge on any atom is 0.500 e. The molecule has 1 aliphatic heterocycles. The van der Waals surface area contributed by atoms with E-state index in [1.54, 1.807) is 21.3 Å². The minimum absolute atomic E-state index is 0.217. The highest BCUT2D eigenvalue weighted by atomic mass is 28.4. The Hall–Kier alpha value is 0.0569. The molecule has 0 spiro atoms. The van der Waals surface area contributed by atoms with Gasteiger partial charge in [0.25, 0.3) is 0 Å². The van der Waals surface area contributed by atoms with Crippen molar-refractivity contribution in [3.8, 4) is 0 Å². The zero-order valence-corrected chi connectivity index (χ0v) is 12.3. The number of ether oxygens (including phenoxy) is 1. The second kappa shape index (κ2) is 4.97. The van der Waals surface area contributed by atoms with Gasteiger partial charge in [-0.3, -0.25) is 0 Å². The Kier molecular flexibility index (Phi) is 3.95. The van der Waals surface area contributed by atoms with Gasteiger partial charge in [0.2, 0.25) is 0 Å². The molecule has 0 aromatic heterocycles. The van der Waals surface area contributed by atoms with Crippen LogP contribution < -0.4 is 0 Å². The average Bonchev–Trinajstić information content (AvgIpc) is 3.02. The fraction of sp³-hybridized carbons (Fsp3) is 1.00. The monoisotopic (exact) mass is 260 g/mol. The summed E-state index contributed by atoms with van der Waals surface area (Å²) in [5.74, 6) is 0.739. The molecule has 3 unspecified atom stereocenters. The van der Waals surface area contributed by atoms with E-state index in [4.69, 9.17) is 18.0 Å². The molecule has 5 heteroatoms. The third kappa shape index (κ3) is 2.74. The van der Waals surface area contributed by atoms with Crippen LogP contribution in [0, 0.1) is 5.92 Å². The van der Waals surface area contributed by atoms with E-state index in [0.29, 0.717) is 6.10 Å².